The summed E-state index contributed by atoms with van der Waals surface area (Å²) in [4.78, 5) is 12.0. The van der Waals surface area contributed by atoms with Crippen molar-refractivity contribution in [2.75, 3.05) is 6.61 Å². The normalized spacial score (nSPS) is 18.0. The van der Waals surface area contributed by atoms with Gasteiger partial charge in [-0.2, -0.15) is 13.2 Å². The van der Waals surface area contributed by atoms with Crippen LogP contribution in [0.4, 0.5) is 13.2 Å². The van der Waals surface area contributed by atoms with E-state index in [4.69, 9.17) is 0 Å². The molecule has 0 radical (unpaired) electrons. The van der Waals surface area contributed by atoms with E-state index in [0.29, 0.717) is 6.54 Å². The maximum Gasteiger partial charge on any atom is 0.422 e. The number of hydrogen-bond donors (Lipinski definition) is 1. The van der Waals surface area contributed by atoms with Gasteiger partial charge in [-0.15, -0.1) is 0 Å². The van der Waals surface area contributed by atoms with Gasteiger partial charge in [0.2, 0.25) is 5.91 Å². The maximum atomic E-state index is 12.0. The Morgan fingerprint density at radius 2 is 1.95 bits per heavy atom. The van der Waals surface area contributed by atoms with E-state index in [2.05, 4.69) is 16.1 Å². The first-order valence-corrected chi connectivity index (χ1v) is 7.15. The van der Waals surface area contributed by atoms with Gasteiger partial charge in [0.1, 0.15) is 5.75 Å². The fourth-order valence-corrected chi connectivity index (χ4v) is 2.23. The van der Waals surface area contributed by atoms with Crippen molar-refractivity contribution in [2.24, 2.45) is 5.92 Å². The molecule has 2 rings (SSSR count). The Balaban J connectivity index is 1.78. The summed E-state index contributed by atoms with van der Waals surface area (Å²) in [6, 6.07) is 6.23. The Morgan fingerprint density at radius 1 is 1.23 bits per heavy atom. The molecule has 0 saturated heterocycles. The minimum atomic E-state index is -4.35. The summed E-state index contributed by atoms with van der Waals surface area (Å²) in [5.41, 5.74) is 0.819. The number of nitrogens with one attached hydrogen (secondary N) is 1. The Hall–Kier alpha value is -1.98. The number of benzene rings is 1. The summed E-state index contributed by atoms with van der Waals surface area (Å²) in [6.07, 6.45) is 2.27. The van der Waals surface area contributed by atoms with Crippen molar-refractivity contribution in [3.63, 3.8) is 0 Å². The summed E-state index contributed by atoms with van der Waals surface area (Å²) in [6.45, 7) is -0.948. The lowest BCUT2D eigenvalue weighted by molar-refractivity contribution is -0.153. The summed E-state index contributed by atoms with van der Waals surface area (Å²) in [7, 11) is 0. The standard InChI is InChI=1S/C16H18F3NO2/c17-16(18,19)11-22-14-8-6-12(7-9-14)10-20-15(21)13-4-2-1-3-5-13/h1-2,6-9,13H,3-5,10-11H2,(H,20,21). The average molecular weight is 313 g/mol. The van der Waals surface area contributed by atoms with E-state index in [9.17, 15) is 18.0 Å². The van der Waals surface area contributed by atoms with E-state index in [-0.39, 0.29) is 17.6 Å². The lowest BCUT2D eigenvalue weighted by Gasteiger charge is -2.17. The van der Waals surface area contributed by atoms with Gasteiger partial charge in [0.15, 0.2) is 6.61 Å². The van der Waals surface area contributed by atoms with Crippen LogP contribution in [0.15, 0.2) is 36.4 Å². The minimum Gasteiger partial charge on any atom is -0.484 e. The van der Waals surface area contributed by atoms with Crippen LogP contribution in [0.3, 0.4) is 0 Å². The number of halogens is 3. The van der Waals surface area contributed by atoms with Crippen molar-refractivity contribution in [3.05, 3.63) is 42.0 Å². The molecule has 1 atom stereocenters. The second-order valence-corrected chi connectivity index (χ2v) is 5.25. The van der Waals surface area contributed by atoms with Crippen LogP contribution < -0.4 is 10.1 Å². The van der Waals surface area contributed by atoms with E-state index in [1.54, 1.807) is 12.1 Å². The van der Waals surface area contributed by atoms with E-state index >= 15 is 0 Å². The molecule has 22 heavy (non-hydrogen) atoms. The van der Waals surface area contributed by atoms with E-state index < -0.39 is 12.8 Å². The highest BCUT2D eigenvalue weighted by atomic mass is 19.4. The molecule has 0 heterocycles. The van der Waals surface area contributed by atoms with Gasteiger partial charge in [-0.1, -0.05) is 24.3 Å². The second kappa shape index (κ2) is 7.33. The van der Waals surface area contributed by atoms with Gasteiger partial charge < -0.3 is 10.1 Å². The van der Waals surface area contributed by atoms with Gasteiger partial charge >= 0.3 is 6.18 Å². The quantitative estimate of drug-likeness (QED) is 0.844. The Bertz CT molecular complexity index is 523. The van der Waals surface area contributed by atoms with E-state index in [1.165, 1.54) is 12.1 Å². The molecule has 1 aliphatic carbocycles. The number of carbonyl (C=O) groups is 1. The lowest BCUT2D eigenvalue weighted by Crippen LogP contribution is -2.30. The number of alkyl halides is 3. The number of hydrogen-bond acceptors (Lipinski definition) is 2. The summed E-state index contributed by atoms with van der Waals surface area (Å²) < 4.78 is 40.7. The molecule has 1 unspecified atom stereocenters. The van der Waals surface area contributed by atoms with Crippen LogP contribution in [-0.2, 0) is 11.3 Å². The third-order valence-electron chi connectivity index (χ3n) is 3.43. The SMILES string of the molecule is O=C(NCc1ccc(OCC(F)(F)F)cc1)C1CC=CCC1. The van der Waals surface area contributed by atoms with Crippen LogP contribution in [0.25, 0.3) is 0 Å². The predicted molar refractivity (Wildman–Crippen MR) is 76.3 cm³/mol. The summed E-state index contributed by atoms with van der Waals surface area (Å²) in [5.74, 6) is 0.186. The van der Waals surface area contributed by atoms with E-state index in [0.717, 1.165) is 24.8 Å². The van der Waals surface area contributed by atoms with Crippen LogP contribution >= 0.6 is 0 Å². The molecular formula is C16H18F3NO2. The molecule has 3 nitrogen and oxygen atoms in total. The molecule has 120 valence electrons. The van der Waals surface area contributed by atoms with Crippen LogP contribution in [0, 0.1) is 5.92 Å². The zero-order chi connectivity index (χ0) is 16.0. The van der Waals surface area contributed by atoms with Crippen LogP contribution in [-0.4, -0.2) is 18.7 Å². The average Bonchev–Trinajstić information content (AvgIpc) is 2.52. The van der Waals surface area contributed by atoms with Crippen LogP contribution in [0.5, 0.6) is 5.75 Å². The highest BCUT2D eigenvalue weighted by Gasteiger charge is 2.28. The number of ether oxygens (including phenoxy) is 1. The molecule has 0 fully saturated rings. The largest absolute Gasteiger partial charge is 0.484 e. The van der Waals surface area contributed by atoms with Gasteiger partial charge in [0, 0.05) is 12.5 Å². The molecule has 1 aliphatic rings. The molecule has 1 aromatic rings. The first-order valence-electron chi connectivity index (χ1n) is 7.15. The Labute approximate surface area is 127 Å². The number of amides is 1. The molecule has 0 bridgehead atoms. The molecule has 0 aliphatic heterocycles. The van der Waals surface area contributed by atoms with Gasteiger partial charge in [-0.05, 0) is 37.0 Å². The van der Waals surface area contributed by atoms with Gasteiger partial charge in [0.25, 0.3) is 0 Å². The topological polar surface area (TPSA) is 38.3 Å². The number of allylic oxidation sites excluding steroid dienone is 2. The Kier molecular flexibility index (Phi) is 5.46. The molecule has 0 saturated carbocycles. The lowest BCUT2D eigenvalue weighted by atomic mass is 9.93. The molecule has 0 aromatic heterocycles. The van der Waals surface area contributed by atoms with Crippen molar-refractivity contribution >= 4 is 5.91 Å². The third kappa shape index (κ3) is 5.42. The first-order chi connectivity index (χ1) is 10.4. The zero-order valence-corrected chi connectivity index (χ0v) is 12.0. The van der Waals surface area contributed by atoms with Crippen molar-refractivity contribution in [1.82, 2.24) is 5.32 Å². The van der Waals surface area contributed by atoms with Gasteiger partial charge in [-0.25, -0.2) is 0 Å². The monoisotopic (exact) mass is 313 g/mol. The molecule has 1 amide bonds. The minimum absolute atomic E-state index is 0.0133. The maximum absolute atomic E-state index is 12.0. The smallest absolute Gasteiger partial charge is 0.422 e. The van der Waals surface area contributed by atoms with E-state index in [1.807, 2.05) is 6.08 Å². The predicted octanol–water partition coefficient (Wildman–Crippen LogP) is 3.60. The van der Waals surface area contributed by atoms with Crippen molar-refractivity contribution in [2.45, 2.75) is 32.0 Å². The number of carbonyl (C=O) groups excluding carboxylic acids is 1. The molecule has 6 heteroatoms. The van der Waals surface area contributed by atoms with Crippen LogP contribution in [0.2, 0.25) is 0 Å². The van der Waals surface area contributed by atoms with Crippen molar-refractivity contribution < 1.29 is 22.7 Å². The van der Waals surface area contributed by atoms with Gasteiger partial charge in [-0.3, -0.25) is 4.79 Å². The molecule has 1 N–H and O–H groups in total. The van der Waals surface area contributed by atoms with Gasteiger partial charge in [0.05, 0.1) is 0 Å². The van der Waals surface area contributed by atoms with Crippen molar-refractivity contribution in [3.8, 4) is 5.75 Å². The summed E-state index contributed by atoms with van der Waals surface area (Å²) >= 11 is 0. The highest BCUT2D eigenvalue weighted by Crippen LogP contribution is 2.20. The highest BCUT2D eigenvalue weighted by molar-refractivity contribution is 5.78. The molecular weight excluding hydrogens is 295 g/mol. The van der Waals surface area contributed by atoms with Crippen LogP contribution in [0.1, 0.15) is 24.8 Å². The molecule has 0 spiro atoms. The van der Waals surface area contributed by atoms with Crippen molar-refractivity contribution in [1.29, 1.82) is 0 Å². The summed E-state index contributed by atoms with van der Waals surface area (Å²) in [5, 5.41) is 2.85. The fourth-order valence-electron chi connectivity index (χ4n) is 2.23. The Morgan fingerprint density at radius 3 is 2.55 bits per heavy atom. The fraction of sp³-hybridized carbons (Fsp3) is 0.438. The second-order valence-electron chi connectivity index (χ2n) is 5.25. The third-order valence-corrected chi connectivity index (χ3v) is 3.43. The molecule has 1 aromatic carbocycles. The first kappa shape index (κ1) is 16.4. The zero-order valence-electron chi connectivity index (χ0n) is 12.0. The number of rotatable bonds is 5.